The van der Waals surface area contributed by atoms with Gasteiger partial charge in [0.25, 0.3) is 0 Å². The molecule has 4 heteroatoms. The molecule has 0 unspecified atom stereocenters. The van der Waals surface area contributed by atoms with Gasteiger partial charge in [0.15, 0.2) is 0 Å². The molecule has 54 valence electrons. The second-order valence-corrected chi connectivity index (χ2v) is 2.71. The van der Waals surface area contributed by atoms with Crippen molar-refractivity contribution in [1.82, 2.24) is 4.98 Å². The highest BCUT2D eigenvalue weighted by Gasteiger charge is 1.89. The molecule has 2 rings (SSSR count). The average molecular weight is 195 g/mol. The molecule has 0 bridgehead atoms. The first-order valence-corrected chi connectivity index (χ1v) is 5.47. The zero-order chi connectivity index (χ0) is 8.10. The Morgan fingerprint density at radius 2 is 2.00 bits per heavy atom. The zero-order valence-electron chi connectivity index (χ0n) is 5.65. The lowest BCUT2D eigenvalue weighted by atomic mass is 10.3. The van der Waals surface area contributed by atoms with Gasteiger partial charge in [-0.1, -0.05) is 12.1 Å². The van der Waals surface area contributed by atoms with Crippen molar-refractivity contribution in [3.8, 4) is 0 Å². The van der Waals surface area contributed by atoms with E-state index >= 15 is 0 Å². The zero-order valence-corrected chi connectivity index (χ0v) is 8.28. The SMILES string of the molecule is [Si]=S.c1ccc2scnc2c1. The lowest BCUT2D eigenvalue weighted by Gasteiger charge is -1.80. The van der Waals surface area contributed by atoms with Crippen molar-refractivity contribution in [1.29, 1.82) is 0 Å². The molecule has 0 amide bonds. The van der Waals surface area contributed by atoms with Crippen LogP contribution in [0.4, 0.5) is 0 Å². The van der Waals surface area contributed by atoms with Crippen molar-refractivity contribution in [2.24, 2.45) is 0 Å². The molecule has 0 aliphatic rings. The summed E-state index contributed by atoms with van der Waals surface area (Å²) in [6, 6.07) is 8.13. The van der Waals surface area contributed by atoms with Crippen LogP contribution in [0.2, 0.25) is 0 Å². The molecule has 0 atom stereocenters. The summed E-state index contributed by atoms with van der Waals surface area (Å²) in [5.74, 6) is 0. The highest BCUT2D eigenvalue weighted by atomic mass is 32.2. The van der Waals surface area contributed by atoms with Gasteiger partial charge in [0.2, 0.25) is 0 Å². The minimum Gasteiger partial charge on any atom is -0.245 e. The lowest BCUT2D eigenvalue weighted by Crippen LogP contribution is -1.61. The summed E-state index contributed by atoms with van der Waals surface area (Å²) in [5, 5.41) is 0. The van der Waals surface area contributed by atoms with E-state index in [2.05, 4.69) is 31.6 Å². The number of nitrogens with zero attached hydrogens (tertiary/aromatic N) is 1. The molecular weight excluding hydrogens is 190 g/mol. The first-order chi connectivity index (χ1) is 5.47. The Balaban J connectivity index is 0.000000281. The van der Waals surface area contributed by atoms with Gasteiger partial charge in [-0.05, 0) is 12.1 Å². The van der Waals surface area contributed by atoms with Crippen molar-refractivity contribution in [3.63, 3.8) is 0 Å². The summed E-state index contributed by atoms with van der Waals surface area (Å²) < 4.78 is 1.26. The standard InChI is InChI=1S/C7H5NS.SSi/c1-2-4-7-6(3-1)8-5-9-7;1-2/h1-5H;. The van der Waals surface area contributed by atoms with Crippen LogP contribution in [-0.4, -0.2) is 13.9 Å². The monoisotopic (exact) mass is 195 g/mol. The Morgan fingerprint density at radius 3 is 2.73 bits per heavy atom. The van der Waals surface area contributed by atoms with Crippen LogP contribution in [0.25, 0.3) is 10.2 Å². The molecule has 1 aromatic heterocycles. The number of para-hydroxylation sites is 1. The lowest BCUT2D eigenvalue weighted by molar-refractivity contribution is 1.50. The van der Waals surface area contributed by atoms with Crippen molar-refractivity contribution in [3.05, 3.63) is 29.8 Å². The van der Waals surface area contributed by atoms with E-state index in [1.54, 1.807) is 11.3 Å². The number of benzene rings is 1. The van der Waals surface area contributed by atoms with Gasteiger partial charge in [-0.3, -0.25) is 0 Å². The molecule has 11 heavy (non-hydrogen) atoms. The largest absolute Gasteiger partial charge is 0.245 e. The fourth-order valence-electron chi connectivity index (χ4n) is 0.803. The third kappa shape index (κ3) is 1.99. The van der Waals surface area contributed by atoms with E-state index in [1.165, 1.54) is 4.70 Å². The van der Waals surface area contributed by atoms with Crippen LogP contribution in [0.1, 0.15) is 0 Å². The Hall–Kier alpha value is -0.453. The van der Waals surface area contributed by atoms with Gasteiger partial charge < -0.3 is 0 Å². The minimum absolute atomic E-state index is 1.10. The summed E-state index contributed by atoms with van der Waals surface area (Å²) in [4.78, 5) is 4.14. The Kier molecular flexibility index (Phi) is 3.48. The molecular formula is C7H5NS2Si. The van der Waals surface area contributed by atoms with Crippen LogP contribution in [0.15, 0.2) is 29.8 Å². The van der Waals surface area contributed by atoms with Crippen molar-refractivity contribution in [2.75, 3.05) is 0 Å². The maximum Gasteiger partial charge on any atom is 0.137 e. The highest BCUT2D eigenvalue weighted by Crippen LogP contribution is 2.15. The number of thiazole rings is 1. The number of hydrogen-bond acceptors (Lipinski definition) is 3. The van der Waals surface area contributed by atoms with E-state index < -0.39 is 0 Å². The Labute approximate surface area is 77.1 Å². The van der Waals surface area contributed by atoms with E-state index in [1.807, 2.05) is 23.7 Å². The molecule has 1 aromatic carbocycles. The molecule has 1 heterocycles. The first kappa shape index (κ1) is 8.64. The van der Waals surface area contributed by atoms with E-state index in [9.17, 15) is 0 Å². The molecule has 0 saturated heterocycles. The highest BCUT2D eigenvalue weighted by molar-refractivity contribution is 7.83. The maximum atomic E-state index is 4.14. The molecule has 0 aliphatic carbocycles. The summed E-state index contributed by atoms with van der Waals surface area (Å²) >= 11 is 5.57. The Bertz CT molecular complexity index is 303. The number of hydrogen-bond donors (Lipinski definition) is 0. The summed E-state index contributed by atoms with van der Waals surface area (Å²) in [5.41, 5.74) is 2.97. The Morgan fingerprint density at radius 1 is 1.27 bits per heavy atom. The topological polar surface area (TPSA) is 12.9 Å². The van der Waals surface area contributed by atoms with Crippen LogP contribution in [0, 0.1) is 0 Å². The van der Waals surface area contributed by atoms with Gasteiger partial charge >= 0.3 is 0 Å². The molecule has 2 radical (unpaired) electrons. The van der Waals surface area contributed by atoms with Crippen LogP contribution in [0.5, 0.6) is 0 Å². The third-order valence-corrected chi connectivity index (χ3v) is 2.05. The average Bonchev–Trinajstić information content (AvgIpc) is 2.55. The fourth-order valence-corrected chi connectivity index (χ4v) is 1.48. The number of fused-ring (bicyclic) bond motifs is 1. The smallest absolute Gasteiger partial charge is 0.137 e. The second kappa shape index (κ2) is 4.43. The minimum atomic E-state index is 1.10. The summed E-state index contributed by atoms with van der Waals surface area (Å²) in [6.07, 6.45) is 0. The molecule has 0 fully saturated rings. The van der Waals surface area contributed by atoms with Crippen molar-refractivity contribution >= 4 is 42.1 Å². The van der Waals surface area contributed by atoms with Crippen LogP contribution >= 0.6 is 23.0 Å². The number of rotatable bonds is 0. The molecule has 0 aliphatic heterocycles. The predicted octanol–water partition coefficient (Wildman–Crippen LogP) is 2.56. The maximum absolute atomic E-state index is 4.14. The predicted molar refractivity (Wildman–Crippen MR) is 53.0 cm³/mol. The van der Waals surface area contributed by atoms with E-state index in [0.29, 0.717) is 0 Å². The van der Waals surface area contributed by atoms with Gasteiger partial charge in [0.1, 0.15) is 8.95 Å². The van der Waals surface area contributed by atoms with E-state index in [-0.39, 0.29) is 0 Å². The summed E-state index contributed by atoms with van der Waals surface area (Å²) in [6.45, 7) is 0. The fraction of sp³-hybridized carbons (Fsp3) is 0. The molecule has 1 nitrogen and oxygen atoms in total. The van der Waals surface area contributed by atoms with Crippen LogP contribution in [-0.2, 0) is 0 Å². The van der Waals surface area contributed by atoms with Crippen molar-refractivity contribution < 1.29 is 0 Å². The third-order valence-electron chi connectivity index (χ3n) is 1.24. The van der Waals surface area contributed by atoms with Gasteiger partial charge in [-0.2, -0.15) is 0 Å². The van der Waals surface area contributed by atoms with E-state index in [4.69, 9.17) is 0 Å². The first-order valence-electron chi connectivity index (χ1n) is 2.95. The molecule has 2 aromatic rings. The van der Waals surface area contributed by atoms with Gasteiger partial charge in [-0.25, -0.2) is 4.98 Å². The quantitative estimate of drug-likeness (QED) is 0.599. The van der Waals surface area contributed by atoms with Crippen LogP contribution < -0.4 is 0 Å². The summed E-state index contributed by atoms with van der Waals surface area (Å²) in [7, 11) is 2.56. The second-order valence-electron chi connectivity index (χ2n) is 1.82. The molecule has 0 spiro atoms. The van der Waals surface area contributed by atoms with Gasteiger partial charge in [0.05, 0.1) is 15.7 Å². The normalized spacial score (nSPS) is 8.73. The van der Waals surface area contributed by atoms with Gasteiger partial charge in [0, 0.05) is 0 Å². The molecule has 0 saturated carbocycles. The van der Waals surface area contributed by atoms with E-state index in [0.717, 1.165) is 5.52 Å². The van der Waals surface area contributed by atoms with Crippen LogP contribution in [0.3, 0.4) is 0 Å². The van der Waals surface area contributed by atoms with Crippen molar-refractivity contribution in [2.45, 2.75) is 0 Å². The number of aromatic nitrogens is 1. The van der Waals surface area contributed by atoms with Gasteiger partial charge in [-0.15, -0.1) is 23.0 Å². The molecule has 0 N–H and O–H groups in total.